The minimum atomic E-state index is -0.514. The van der Waals surface area contributed by atoms with Crippen molar-refractivity contribution >= 4 is 12.3 Å². The van der Waals surface area contributed by atoms with E-state index in [0.29, 0.717) is 17.4 Å². The number of rotatable bonds is 2. The van der Waals surface area contributed by atoms with Gasteiger partial charge in [0.1, 0.15) is 23.6 Å². The van der Waals surface area contributed by atoms with Gasteiger partial charge in [0.2, 0.25) is 0 Å². The van der Waals surface area contributed by atoms with Gasteiger partial charge in [0.05, 0.1) is 12.2 Å². The van der Waals surface area contributed by atoms with Crippen LogP contribution in [0.1, 0.15) is 34.9 Å². The molecule has 0 N–H and O–H groups in total. The number of carbonyl (C=O) groups is 2. The van der Waals surface area contributed by atoms with E-state index in [1.165, 1.54) is 18.2 Å². The van der Waals surface area contributed by atoms with Crippen molar-refractivity contribution in [1.29, 1.82) is 0 Å². The van der Waals surface area contributed by atoms with Gasteiger partial charge in [0, 0.05) is 23.0 Å². The van der Waals surface area contributed by atoms with Crippen molar-refractivity contribution in [2.75, 3.05) is 0 Å². The number of hydrogen-bond acceptors (Lipinski definition) is 4. The number of ether oxygens (including phenoxy) is 2. The molecule has 6 atom stereocenters. The highest BCUT2D eigenvalue weighted by molar-refractivity contribution is 5.88. The molecule has 1 aromatic rings. The third kappa shape index (κ3) is 1.17. The van der Waals surface area contributed by atoms with Crippen LogP contribution in [0.15, 0.2) is 18.2 Å². The second-order valence-electron chi connectivity index (χ2n) is 6.44. The van der Waals surface area contributed by atoms with E-state index in [2.05, 4.69) is 0 Å². The van der Waals surface area contributed by atoms with Gasteiger partial charge in [-0.15, -0.1) is 0 Å². The fraction of sp³-hybridized carbons (Fsp3) is 0.500. The lowest BCUT2D eigenvalue weighted by atomic mass is 9.88. The minimum absolute atomic E-state index is 0.0387. The summed E-state index contributed by atoms with van der Waals surface area (Å²) in [4.78, 5) is 23.6. The number of aldehydes is 1. The van der Waals surface area contributed by atoms with Crippen LogP contribution in [0.4, 0.5) is 4.39 Å². The molecule has 3 aliphatic heterocycles. The molecule has 4 nitrogen and oxygen atoms in total. The largest absolute Gasteiger partial charge is 0.457 e. The van der Waals surface area contributed by atoms with Gasteiger partial charge in [-0.05, 0) is 31.0 Å². The summed E-state index contributed by atoms with van der Waals surface area (Å²) < 4.78 is 24.9. The SMILES string of the molecule is O=Cc1ccc(F)cc1[C@H]1OC(=O)C23C4CCC(O4)C2C13. The van der Waals surface area contributed by atoms with Crippen LogP contribution in [0.2, 0.25) is 0 Å². The zero-order valence-corrected chi connectivity index (χ0v) is 11.1. The first-order chi connectivity index (χ1) is 10.2. The number of halogens is 1. The van der Waals surface area contributed by atoms with E-state index in [-0.39, 0.29) is 30.0 Å². The highest BCUT2D eigenvalue weighted by Crippen LogP contribution is 2.79. The second kappa shape index (κ2) is 3.53. The van der Waals surface area contributed by atoms with E-state index in [0.717, 1.165) is 12.8 Å². The predicted molar refractivity (Wildman–Crippen MR) is 67.9 cm³/mol. The zero-order chi connectivity index (χ0) is 14.4. The lowest BCUT2D eigenvalue weighted by molar-refractivity contribution is -0.151. The molecule has 0 radical (unpaired) electrons. The standard InChI is InChI=1S/C16H13FO4/c17-8-2-1-7(6-18)9(5-8)14-13-12-10-3-4-11(20-10)16(12,13)15(19)21-14/h1-2,5-6,10-14H,3-4H2/t10?,11?,12?,13?,14-,16?/m1/s1. The van der Waals surface area contributed by atoms with Crippen molar-refractivity contribution in [3.63, 3.8) is 0 Å². The molecular weight excluding hydrogens is 275 g/mol. The molecule has 0 amide bonds. The Balaban J connectivity index is 1.60. The number of fused-ring (bicyclic) bond motifs is 4. The Morgan fingerprint density at radius 2 is 2.14 bits per heavy atom. The zero-order valence-electron chi connectivity index (χ0n) is 11.1. The summed E-state index contributed by atoms with van der Waals surface area (Å²) in [7, 11) is 0. The summed E-state index contributed by atoms with van der Waals surface area (Å²) in [6.07, 6.45) is 2.13. The lowest BCUT2D eigenvalue weighted by Crippen LogP contribution is -2.28. The van der Waals surface area contributed by atoms with Gasteiger partial charge in [0.15, 0.2) is 0 Å². The molecule has 21 heavy (non-hydrogen) atoms. The molecule has 0 aromatic heterocycles. The van der Waals surface area contributed by atoms with Crippen LogP contribution < -0.4 is 0 Å². The summed E-state index contributed by atoms with van der Waals surface area (Å²) in [6, 6.07) is 4.01. The first-order valence-corrected chi connectivity index (χ1v) is 7.29. The molecule has 2 bridgehead atoms. The Kier molecular flexibility index (Phi) is 1.99. The van der Waals surface area contributed by atoms with E-state index in [1.54, 1.807) is 0 Å². The van der Waals surface area contributed by atoms with Crippen molar-refractivity contribution in [3.05, 3.63) is 35.1 Å². The maximum atomic E-state index is 13.5. The fourth-order valence-corrected chi connectivity index (χ4v) is 5.00. The Hall–Kier alpha value is -1.75. The highest BCUT2D eigenvalue weighted by Gasteiger charge is 2.87. The molecule has 3 saturated heterocycles. The molecule has 1 aliphatic carbocycles. The van der Waals surface area contributed by atoms with E-state index in [1.807, 2.05) is 0 Å². The van der Waals surface area contributed by atoms with Crippen LogP contribution in [0.5, 0.6) is 0 Å². The molecule has 5 unspecified atom stereocenters. The van der Waals surface area contributed by atoms with E-state index >= 15 is 0 Å². The van der Waals surface area contributed by atoms with Gasteiger partial charge >= 0.3 is 5.97 Å². The quantitative estimate of drug-likeness (QED) is 0.617. The van der Waals surface area contributed by atoms with Gasteiger partial charge in [-0.1, -0.05) is 0 Å². The van der Waals surface area contributed by atoms with Crippen molar-refractivity contribution < 1.29 is 23.5 Å². The van der Waals surface area contributed by atoms with Gasteiger partial charge in [0.25, 0.3) is 0 Å². The molecule has 1 saturated carbocycles. The Labute approximate surface area is 120 Å². The van der Waals surface area contributed by atoms with E-state index in [9.17, 15) is 14.0 Å². The lowest BCUT2D eigenvalue weighted by Gasteiger charge is -2.18. The summed E-state index contributed by atoms with van der Waals surface area (Å²) >= 11 is 0. The van der Waals surface area contributed by atoms with Crippen LogP contribution >= 0.6 is 0 Å². The van der Waals surface area contributed by atoms with Crippen LogP contribution in [-0.4, -0.2) is 24.5 Å². The van der Waals surface area contributed by atoms with Crippen LogP contribution in [0.25, 0.3) is 0 Å². The van der Waals surface area contributed by atoms with Gasteiger partial charge in [-0.2, -0.15) is 0 Å². The maximum Gasteiger partial charge on any atom is 0.316 e. The molecule has 4 aliphatic rings. The number of carbonyl (C=O) groups excluding carboxylic acids is 2. The normalized spacial score (nSPS) is 45.2. The topological polar surface area (TPSA) is 52.6 Å². The third-order valence-electron chi connectivity index (χ3n) is 5.76. The molecule has 108 valence electrons. The summed E-state index contributed by atoms with van der Waals surface area (Å²) in [5.41, 5.74) is 0.374. The second-order valence-corrected chi connectivity index (χ2v) is 6.44. The number of cyclic esters (lactones) is 1. The molecule has 5 heteroatoms. The average Bonchev–Trinajstić information content (AvgIpc) is 2.77. The van der Waals surface area contributed by atoms with Crippen LogP contribution in [0.3, 0.4) is 0 Å². The number of hydrogen-bond donors (Lipinski definition) is 0. The van der Waals surface area contributed by atoms with Crippen molar-refractivity contribution in [2.24, 2.45) is 17.3 Å². The Morgan fingerprint density at radius 1 is 1.29 bits per heavy atom. The van der Waals surface area contributed by atoms with Gasteiger partial charge in [-0.25, -0.2) is 4.39 Å². The third-order valence-corrected chi connectivity index (χ3v) is 5.76. The Morgan fingerprint density at radius 3 is 2.90 bits per heavy atom. The molecule has 1 aromatic carbocycles. The van der Waals surface area contributed by atoms with Gasteiger partial charge in [-0.3, -0.25) is 9.59 Å². The smallest absolute Gasteiger partial charge is 0.316 e. The monoisotopic (exact) mass is 288 g/mol. The average molecular weight is 288 g/mol. The minimum Gasteiger partial charge on any atom is -0.457 e. The van der Waals surface area contributed by atoms with Gasteiger partial charge < -0.3 is 9.47 Å². The van der Waals surface area contributed by atoms with E-state index < -0.39 is 17.3 Å². The van der Waals surface area contributed by atoms with Crippen LogP contribution in [-0.2, 0) is 14.3 Å². The first kappa shape index (κ1) is 11.9. The first-order valence-electron chi connectivity index (χ1n) is 7.29. The molecule has 5 rings (SSSR count). The molecule has 3 heterocycles. The summed E-state index contributed by atoms with van der Waals surface area (Å²) in [5.74, 6) is -0.421. The fourth-order valence-electron chi connectivity index (χ4n) is 5.00. The molecule has 4 fully saturated rings. The Bertz CT molecular complexity index is 687. The van der Waals surface area contributed by atoms with Crippen LogP contribution in [0, 0.1) is 23.1 Å². The summed E-state index contributed by atoms with van der Waals surface area (Å²) in [6.45, 7) is 0. The highest BCUT2D eigenvalue weighted by atomic mass is 19.1. The van der Waals surface area contributed by atoms with E-state index in [4.69, 9.17) is 9.47 Å². The predicted octanol–water partition coefficient (Wildman–Crippen LogP) is 2.03. The number of esters is 1. The maximum absolute atomic E-state index is 13.5. The van der Waals surface area contributed by atoms with Crippen molar-refractivity contribution in [3.8, 4) is 0 Å². The van der Waals surface area contributed by atoms with Crippen molar-refractivity contribution in [2.45, 2.75) is 31.2 Å². The molecule has 1 spiro atoms. The summed E-state index contributed by atoms with van der Waals surface area (Å²) in [5, 5.41) is 0. The molecular formula is C16H13FO4. The van der Waals surface area contributed by atoms with Crippen molar-refractivity contribution in [1.82, 2.24) is 0 Å². The number of benzene rings is 1.